The molecule has 1 aliphatic carbocycles. The second-order valence-corrected chi connectivity index (χ2v) is 5.54. The Hall–Kier alpha value is -1.09. The number of anilines is 1. The lowest BCUT2D eigenvalue weighted by Gasteiger charge is -2.24. The third kappa shape index (κ3) is 3.02. The normalized spacial score (nSPS) is 20.8. The van der Waals surface area contributed by atoms with Crippen LogP contribution in [0.5, 0.6) is 0 Å². The zero-order valence-corrected chi connectivity index (χ0v) is 11.1. The fourth-order valence-corrected chi connectivity index (χ4v) is 2.68. The van der Waals surface area contributed by atoms with Crippen LogP contribution in [0.2, 0.25) is 0 Å². The quantitative estimate of drug-likeness (QED) is 0.884. The topological polar surface area (TPSA) is 28.2 Å². The van der Waals surface area contributed by atoms with E-state index in [1.54, 1.807) is 0 Å². The first kappa shape index (κ1) is 12.0. The largest absolute Gasteiger partial charge is 0.356 e. The molecular weight excluding hydrogens is 222 g/mol. The summed E-state index contributed by atoms with van der Waals surface area (Å²) in [4.78, 5) is 7.11. The van der Waals surface area contributed by atoms with Crippen LogP contribution in [0, 0.1) is 0 Å². The molecule has 1 aliphatic heterocycles. The molecule has 0 amide bonds. The molecular formula is C15H23N3. The van der Waals surface area contributed by atoms with Crippen LogP contribution in [0.4, 0.5) is 5.82 Å². The number of hydrogen-bond acceptors (Lipinski definition) is 3. The molecule has 0 radical (unpaired) electrons. The van der Waals surface area contributed by atoms with Crippen molar-refractivity contribution in [3.63, 3.8) is 0 Å². The number of nitrogens with one attached hydrogen (secondary N) is 1. The zero-order valence-electron chi connectivity index (χ0n) is 11.1. The first-order valence-electron chi connectivity index (χ1n) is 7.36. The van der Waals surface area contributed by atoms with E-state index in [2.05, 4.69) is 27.3 Å². The Bertz CT molecular complexity index is 379. The van der Waals surface area contributed by atoms with Crippen molar-refractivity contribution in [2.24, 2.45) is 0 Å². The summed E-state index contributed by atoms with van der Waals surface area (Å²) >= 11 is 0. The molecule has 1 aromatic rings. The molecule has 3 rings (SSSR count). The van der Waals surface area contributed by atoms with Crippen LogP contribution in [0.25, 0.3) is 0 Å². The molecule has 0 atom stereocenters. The van der Waals surface area contributed by atoms with Gasteiger partial charge in [-0.15, -0.1) is 0 Å². The molecule has 3 nitrogen and oxygen atoms in total. The van der Waals surface area contributed by atoms with Gasteiger partial charge in [-0.1, -0.05) is 18.9 Å². The summed E-state index contributed by atoms with van der Waals surface area (Å²) < 4.78 is 0. The molecule has 0 bridgehead atoms. The summed E-state index contributed by atoms with van der Waals surface area (Å²) in [7, 11) is 0. The van der Waals surface area contributed by atoms with E-state index in [4.69, 9.17) is 0 Å². The molecule has 0 spiro atoms. The van der Waals surface area contributed by atoms with Crippen molar-refractivity contribution in [2.45, 2.75) is 51.1 Å². The minimum atomic E-state index is 0.766. The molecule has 1 N–H and O–H groups in total. The van der Waals surface area contributed by atoms with Crippen molar-refractivity contribution >= 4 is 5.82 Å². The Balaban J connectivity index is 1.71. The molecule has 2 heterocycles. The molecule has 1 aromatic heterocycles. The van der Waals surface area contributed by atoms with Crippen molar-refractivity contribution in [1.29, 1.82) is 0 Å². The third-order valence-corrected chi connectivity index (χ3v) is 3.93. The van der Waals surface area contributed by atoms with E-state index in [0.29, 0.717) is 0 Å². The van der Waals surface area contributed by atoms with E-state index in [1.807, 2.05) is 6.20 Å². The Morgan fingerprint density at radius 3 is 2.67 bits per heavy atom. The van der Waals surface area contributed by atoms with Crippen LogP contribution in [0.1, 0.15) is 44.1 Å². The maximum atomic E-state index is 4.63. The Labute approximate surface area is 110 Å². The van der Waals surface area contributed by atoms with E-state index >= 15 is 0 Å². The van der Waals surface area contributed by atoms with Gasteiger partial charge in [-0.2, -0.15) is 0 Å². The predicted octanol–water partition coefficient (Wildman–Crippen LogP) is 2.71. The summed E-state index contributed by atoms with van der Waals surface area (Å²) in [6, 6.07) is 5.05. The van der Waals surface area contributed by atoms with Crippen LogP contribution in [0.15, 0.2) is 18.3 Å². The second-order valence-electron chi connectivity index (χ2n) is 5.54. The molecule has 98 valence electrons. The van der Waals surface area contributed by atoms with E-state index < -0.39 is 0 Å². The van der Waals surface area contributed by atoms with Crippen LogP contribution in [-0.2, 0) is 6.54 Å². The van der Waals surface area contributed by atoms with Gasteiger partial charge in [-0.3, -0.25) is 0 Å². The first-order valence-corrected chi connectivity index (χ1v) is 7.36. The van der Waals surface area contributed by atoms with Gasteiger partial charge in [0.1, 0.15) is 5.82 Å². The Morgan fingerprint density at radius 2 is 1.94 bits per heavy atom. The van der Waals surface area contributed by atoms with Gasteiger partial charge < -0.3 is 10.2 Å². The van der Waals surface area contributed by atoms with Gasteiger partial charge in [-0.05, 0) is 31.7 Å². The fraction of sp³-hybridized carbons (Fsp3) is 0.667. The van der Waals surface area contributed by atoms with Crippen molar-refractivity contribution < 1.29 is 0 Å². The van der Waals surface area contributed by atoms with Crippen molar-refractivity contribution in [2.75, 3.05) is 18.0 Å². The van der Waals surface area contributed by atoms with E-state index in [9.17, 15) is 0 Å². The summed E-state index contributed by atoms with van der Waals surface area (Å²) in [5.74, 6) is 1.22. The van der Waals surface area contributed by atoms with Crippen LogP contribution >= 0.6 is 0 Å². The highest BCUT2D eigenvalue weighted by Gasteiger charge is 2.21. The minimum Gasteiger partial charge on any atom is -0.356 e. The van der Waals surface area contributed by atoms with E-state index in [0.717, 1.165) is 12.6 Å². The Morgan fingerprint density at radius 1 is 1.17 bits per heavy atom. The molecule has 1 saturated carbocycles. The summed E-state index contributed by atoms with van der Waals surface area (Å²) in [6.45, 7) is 3.32. The highest BCUT2D eigenvalue weighted by Crippen LogP contribution is 2.23. The van der Waals surface area contributed by atoms with Crippen molar-refractivity contribution in [3.05, 3.63) is 23.9 Å². The molecule has 3 heteroatoms. The average Bonchev–Trinajstić information content (AvgIpc) is 3.24. The Kier molecular flexibility index (Phi) is 3.79. The van der Waals surface area contributed by atoms with Gasteiger partial charge in [0.15, 0.2) is 0 Å². The lowest BCUT2D eigenvalue weighted by molar-refractivity contribution is 0.678. The maximum absolute atomic E-state index is 4.63. The highest BCUT2D eigenvalue weighted by molar-refractivity contribution is 5.46. The molecule has 0 unspecified atom stereocenters. The van der Waals surface area contributed by atoms with Gasteiger partial charge >= 0.3 is 0 Å². The lowest BCUT2D eigenvalue weighted by atomic mass is 10.2. The number of rotatable bonds is 4. The van der Waals surface area contributed by atoms with E-state index in [-0.39, 0.29) is 0 Å². The SMILES string of the molecule is c1cnc(N2CCCCCC2)c(CNC2CC2)c1. The second kappa shape index (κ2) is 5.70. The third-order valence-electron chi connectivity index (χ3n) is 3.93. The summed E-state index contributed by atoms with van der Waals surface area (Å²) in [6.07, 6.45) is 10.00. The smallest absolute Gasteiger partial charge is 0.133 e. The number of aromatic nitrogens is 1. The first-order chi connectivity index (χ1) is 8.93. The van der Waals surface area contributed by atoms with Crippen molar-refractivity contribution in [1.82, 2.24) is 10.3 Å². The average molecular weight is 245 g/mol. The molecule has 18 heavy (non-hydrogen) atoms. The van der Waals surface area contributed by atoms with Gasteiger partial charge in [0.25, 0.3) is 0 Å². The standard InChI is InChI=1S/C15H23N3/c1-2-4-11-18(10-3-1)15-13(6-5-9-16-15)12-17-14-7-8-14/h5-6,9,14,17H,1-4,7-8,10-12H2. The van der Waals surface area contributed by atoms with Gasteiger partial charge in [0, 0.05) is 37.4 Å². The lowest BCUT2D eigenvalue weighted by Crippen LogP contribution is -2.27. The van der Waals surface area contributed by atoms with Gasteiger partial charge in [0.05, 0.1) is 0 Å². The van der Waals surface area contributed by atoms with Crippen LogP contribution in [-0.4, -0.2) is 24.1 Å². The van der Waals surface area contributed by atoms with E-state index in [1.165, 1.54) is 63.0 Å². The molecule has 0 aromatic carbocycles. The maximum Gasteiger partial charge on any atom is 0.133 e. The monoisotopic (exact) mass is 245 g/mol. The summed E-state index contributed by atoms with van der Waals surface area (Å²) in [5.41, 5.74) is 1.37. The van der Waals surface area contributed by atoms with Crippen LogP contribution < -0.4 is 10.2 Å². The molecule has 2 aliphatic rings. The number of hydrogen-bond donors (Lipinski definition) is 1. The van der Waals surface area contributed by atoms with Crippen molar-refractivity contribution in [3.8, 4) is 0 Å². The molecule has 1 saturated heterocycles. The number of pyridine rings is 1. The highest BCUT2D eigenvalue weighted by atomic mass is 15.2. The summed E-state index contributed by atoms with van der Waals surface area (Å²) in [5, 5.41) is 3.60. The van der Waals surface area contributed by atoms with Gasteiger partial charge in [-0.25, -0.2) is 4.98 Å². The van der Waals surface area contributed by atoms with Crippen LogP contribution in [0.3, 0.4) is 0 Å². The fourth-order valence-electron chi connectivity index (χ4n) is 2.68. The molecule has 2 fully saturated rings. The predicted molar refractivity (Wildman–Crippen MR) is 74.8 cm³/mol. The van der Waals surface area contributed by atoms with Gasteiger partial charge in [0.2, 0.25) is 0 Å². The number of nitrogens with zero attached hydrogens (tertiary/aromatic N) is 2. The zero-order chi connectivity index (χ0) is 12.2. The minimum absolute atomic E-state index is 0.766.